The Kier molecular flexibility index (Phi) is 8.66. The predicted molar refractivity (Wildman–Crippen MR) is 125 cm³/mol. The topological polar surface area (TPSA) is 89.5 Å². The Morgan fingerprint density at radius 3 is 2.62 bits per heavy atom. The molecule has 2 aromatic rings. The maximum absolute atomic E-state index is 12.6. The van der Waals surface area contributed by atoms with Gasteiger partial charge in [0.2, 0.25) is 11.8 Å². The Labute approximate surface area is 189 Å². The summed E-state index contributed by atoms with van der Waals surface area (Å²) < 4.78 is 11.1. The molecule has 0 spiro atoms. The summed E-state index contributed by atoms with van der Waals surface area (Å²) in [6.45, 7) is 2.25. The summed E-state index contributed by atoms with van der Waals surface area (Å²) in [6, 6.07) is 10.1. The molecule has 3 rings (SSSR count). The van der Waals surface area contributed by atoms with Crippen molar-refractivity contribution in [2.24, 2.45) is 5.92 Å². The van der Waals surface area contributed by atoms with E-state index in [0.717, 1.165) is 11.3 Å². The van der Waals surface area contributed by atoms with Crippen molar-refractivity contribution in [3.63, 3.8) is 0 Å². The lowest BCUT2D eigenvalue weighted by Gasteiger charge is -2.22. The third-order valence-electron chi connectivity index (χ3n) is 5.51. The maximum atomic E-state index is 12.6. The Bertz CT molecular complexity index is 921. The molecule has 170 valence electrons. The van der Waals surface area contributed by atoms with E-state index < -0.39 is 6.04 Å². The zero-order chi connectivity index (χ0) is 22.8. The van der Waals surface area contributed by atoms with Crippen LogP contribution in [0.1, 0.15) is 44.6 Å². The molecule has 2 N–H and O–H groups in total. The van der Waals surface area contributed by atoms with Crippen LogP contribution in [0.5, 0.6) is 11.5 Å². The highest BCUT2D eigenvalue weighted by atomic mass is 16.5. The number of amides is 2. The number of aromatic nitrogens is 1. The zero-order valence-electron chi connectivity index (χ0n) is 18.7. The van der Waals surface area contributed by atoms with Crippen LogP contribution in [0.3, 0.4) is 0 Å². The molecule has 1 aliphatic rings. The monoisotopic (exact) mass is 437 g/mol. The fourth-order valence-corrected chi connectivity index (χ4v) is 3.60. The summed E-state index contributed by atoms with van der Waals surface area (Å²) >= 11 is 0. The second-order valence-electron chi connectivity index (χ2n) is 7.99. The summed E-state index contributed by atoms with van der Waals surface area (Å²) in [5.74, 6) is 1.47. The number of hydrogen-bond donors (Lipinski definition) is 2. The second kappa shape index (κ2) is 11.9. The lowest BCUT2D eigenvalue weighted by Crippen LogP contribution is -2.41. The molecule has 7 nitrogen and oxygen atoms in total. The summed E-state index contributed by atoms with van der Waals surface area (Å²) in [7, 11) is 1.60. The highest BCUT2D eigenvalue weighted by Gasteiger charge is 2.19. The average molecular weight is 438 g/mol. The number of hydrogen-bond acceptors (Lipinski definition) is 5. The van der Waals surface area contributed by atoms with Gasteiger partial charge in [-0.05, 0) is 61.6 Å². The quantitative estimate of drug-likeness (QED) is 0.574. The van der Waals surface area contributed by atoms with Gasteiger partial charge in [-0.2, -0.15) is 0 Å². The van der Waals surface area contributed by atoms with Gasteiger partial charge in [0.15, 0.2) is 11.6 Å². The molecule has 7 heteroatoms. The molecule has 1 saturated carbocycles. The van der Waals surface area contributed by atoms with Crippen molar-refractivity contribution in [3.05, 3.63) is 54.2 Å². The summed E-state index contributed by atoms with van der Waals surface area (Å²) in [4.78, 5) is 29.0. The predicted octanol–water partition coefficient (Wildman–Crippen LogP) is 4.21. The number of rotatable bonds is 9. The minimum Gasteiger partial charge on any atom is -0.497 e. The summed E-state index contributed by atoms with van der Waals surface area (Å²) in [5.41, 5.74) is 0.853. The first kappa shape index (κ1) is 23.3. The molecule has 2 amide bonds. The lowest BCUT2D eigenvalue weighted by molar-refractivity contribution is -0.123. The number of carbonyl (C=O) groups is 2. The second-order valence-corrected chi connectivity index (χ2v) is 7.99. The summed E-state index contributed by atoms with van der Waals surface area (Å²) in [6.07, 6.45) is 10.8. The van der Waals surface area contributed by atoms with E-state index in [-0.39, 0.29) is 11.8 Å². The van der Waals surface area contributed by atoms with Gasteiger partial charge in [0.1, 0.15) is 11.8 Å². The van der Waals surface area contributed by atoms with Crippen LogP contribution in [0.4, 0.5) is 5.82 Å². The highest BCUT2D eigenvalue weighted by Crippen LogP contribution is 2.27. The van der Waals surface area contributed by atoms with Gasteiger partial charge >= 0.3 is 0 Å². The van der Waals surface area contributed by atoms with Crippen molar-refractivity contribution in [1.82, 2.24) is 10.3 Å². The van der Waals surface area contributed by atoms with E-state index in [2.05, 4.69) is 15.6 Å². The molecule has 1 aromatic heterocycles. The Hall–Kier alpha value is -3.35. The van der Waals surface area contributed by atoms with Gasteiger partial charge < -0.3 is 20.1 Å². The molecule has 0 aliphatic heterocycles. The number of anilines is 1. The van der Waals surface area contributed by atoms with Gasteiger partial charge in [-0.1, -0.05) is 31.4 Å². The van der Waals surface area contributed by atoms with Gasteiger partial charge in [-0.15, -0.1) is 0 Å². The number of nitrogens with zero attached hydrogens (tertiary/aromatic N) is 1. The van der Waals surface area contributed by atoms with Crippen molar-refractivity contribution >= 4 is 23.7 Å². The van der Waals surface area contributed by atoms with Crippen LogP contribution in [0.25, 0.3) is 6.08 Å². The number of nitrogens with one attached hydrogen (secondary N) is 2. The van der Waals surface area contributed by atoms with Crippen LogP contribution in [0.2, 0.25) is 0 Å². The van der Waals surface area contributed by atoms with Crippen molar-refractivity contribution < 1.29 is 19.1 Å². The molecule has 1 aromatic carbocycles. The SMILES string of the molecule is COc1ccc(/C=C\C(=O)N[C@@H](C)C(=O)Nc2ncccc2OCC2CCCCC2)cc1. The minimum atomic E-state index is -0.740. The van der Waals surface area contributed by atoms with E-state index in [0.29, 0.717) is 24.1 Å². The van der Waals surface area contributed by atoms with Gasteiger partial charge in [-0.25, -0.2) is 4.98 Å². The molecule has 1 aliphatic carbocycles. The van der Waals surface area contributed by atoms with Gasteiger partial charge in [0, 0.05) is 12.3 Å². The fourth-order valence-electron chi connectivity index (χ4n) is 3.60. The van der Waals surface area contributed by atoms with E-state index in [1.165, 1.54) is 38.2 Å². The van der Waals surface area contributed by atoms with E-state index in [1.54, 1.807) is 38.4 Å². The molecular formula is C25H31N3O4. The number of methoxy groups -OCH3 is 1. The Morgan fingerprint density at radius 2 is 1.91 bits per heavy atom. The molecule has 0 saturated heterocycles. The van der Waals surface area contributed by atoms with E-state index in [4.69, 9.17) is 9.47 Å². The normalized spacial score (nSPS) is 15.2. The number of ether oxygens (including phenoxy) is 2. The van der Waals surface area contributed by atoms with Crippen LogP contribution in [0.15, 0.2) is 48.7 Å². The zero-order valence-corrected chi connectivity index (χ0v) is 18.7. The van der Waals surface area contributed by atoms with Crippen LogP contribution in [0, 0.1) is 5.92 Å². The highest BCUT2D eigenvalue weighted by molar-refractivity contribution is 5.99. The van der Waals surface area contributed by atoms with Gasteiger partial charge in [0.05, 0.1) is 13.7 Å². The maximum Gasteiger partial charge on any atom is 0.247 e. The lowest BCUT2D eigenvalue weighted by atomic mass is 9.90. The van der Waals surface area contributed by atoms with E-state index in [1.807, 2.05) is 24.3 Å². The molecule has 0 radical (unpaired) electrons. The Morgan fingerprint density at radius 1 is 1.16 bits per heavy atom. The van der Waals surface area contributed by atoms with Crippen LogP contribution in [-0.2, 0) is 9.59 Å². The smallest absolute Gasteiger partial charge is 0.247 e. The number of carbonyl (C=O) groups excluding carboxylic acids is 2. The van der Waals surface area contributed by atoms with E-state index in [9.17, 15) is 9.59 Å². The van der Waals surface area contributed by atoms with Gasteiger partial charge in [-0.3, -0.25) is 9.59 Å². The fraction of sp³-hybridized carbons (Fsp3) is 0.400. The largest absolute Gasteiger partial charge is 0.497 e. The third-order valence-corrected chi connectivity index (χ3v) is 5.51. The molecule has 1 fully saturated rings. The first-order valence-electron chi connectivity index (χ1n) is 11.1. The average Bonchev–Trinajstić information content (AvgIpc) is 2.83. The molecule has 32 heavy (non-hydrogen) atoms. The van der Waals surface area contributed by atoms with Crippen molar-refractivity contribution in [2.75, 3.05) is 19.0 Å². The van der Waals surface area contributed by atoms with E-state index >= 15 is 0 Å². The third kappa shape index (κ3) is 7.11. The first-order chi connectivity index (χ1) is 15.5. The van der Waals surface area contributed by atoms with Crippen LogP contribution in [-0.4, -0.2) is 36.6 Å². The number of pyridine rings is 1. The minimum absolute atomic E-state index is 0.363. The van der Waals surface area contributed by atoms with Crippen molar-refractivity contribution in [3.8, 4) is 11.5 Å². The standard InChI is InChI=1S/C25H31N3O4/c1-18(27-23(29)15-12-19-10-13-21(31-2)14-11-19)25(30)28-24-22(9-6-16-26-24)32-17-20-7-4-3-5-8-20/h6,9-16,18,20H,3-5,7-8,17H2,1-2H3,(H,27,29)(H,26,28,30)/b15-12-/t18-/m0/s1. The Balaban J connectivity index is 1.51. The molecule has 1 heterocycles. The van der Waals surface area contributed by atoms with Crippen molar-refractivity contribution in [2.45, 2.75) is 45.1 Å². The molecule has 0 unspecified atom stereocenters. The first-order valence-corrected chi connectivity index (χ1v) is 11.1. The number of benzene rings is 1. The molecule has 0 bridgehead atoms. The van der Waals surface area contributed by atoms with Crippen molar-refractivity contribution in [1.29, 1.82) is 0 Å². The summed E-state index contributed by atoms with van der Waals surface area (Å²) in [5, 5.41) is 5.43. The molecule has 1 atom stereocenters. The van der Waals surface area contributed by atoms with Crippen LogP contribution >= 0.6 is 0 Å². The molecular weight excluding hydrogens is 406 g/mol. The van der Waals surface area contributed by atoms with Gasteiger partial charge in [0.25, 0.3) is 0 Å². The van der Waals surface area contributed by atoms with Crippen LogP contribution < -0.4 is 20.1 Å².